The van der Waals surface area contributed by atoms with Crippen LogP contribution in [0, 0.1) is 0 Å². The minimum Gasteiger partial charge on any atom is -0.434 e. The summed E-state index contributed by atoms with van der Waals surface area (Å²) in [5.41, 5.74) is 1.38. The molecule has 0 fully saturated rings. The van der Waals surface area contributed by atoms with Crippen molar-refractivity contribution < 1.29 is 9.21 Å². The fraction of sp³-hybridized carbons (Fsp3) is 0.308. The fourth-order valence-electron chi connectivity index (χ4n) is 1.61. The van der Waals surface area contributed by atoms with Crippen LogP contribution in [-0.2, 0) is 0 Å². The first-order valence-electron chi connectivity index (χ1n) is 5.62. The second-order valence-electron chi connectivity index (χ2n) is 3.81. The molecule has 1 heterocycles. The molecule has 2 rings (SSSR count). The SMILES string of the molecule is C=NCCCCC(=O)c1nc2ccccc2o1. The topological polar surface area (TPSA) is 55.5 Å². The van der Waals surface area contributed by atoms with Gasteiger partial charge in [-0.1, -0.05) is 12.1 Å². The third-order valence-electron chi connectivity index (χ3n) is 2.50. The maximum absolute atomic E-state index is 11.8. The second kappa shape index (κ2) is 5.39. The predicted molar refractivity (Wildman–Crippen MR) is 66.6 cm³/mol. The summed E-state index contributed by atoms with van der Waals surface area (Å²) >= 11 is 0. The standard InChI is InChI=1S/C13H14N2O2/c1-14-9-5-4-7-11(16)13-15-10-6-2-3-8-12(10)17-13/h2-3,6,8H,1,4-5,7,9H2. The van der Waals surface area contributed by atoms with Gasteiger partial charge in [0.05, 0.1) is 0 Å². The van der Waals surface area contributed by atoms with E-state index >= 15 is 0 Å². The zero-order valence-corrected chi connectivity index (χ0v) is 9.56. The average Bonchev–Trinajstić information content (AvgIpc) is 2.78. The quantitative estimate of drug-likeness (QED) is 0.435. The van der Waals surface area contributed by atoms with E-state index in [0.717, 1.165) is 18.4 Å². The lowest BCUT2D eigenvalue weighted by atomic mass is 10.2. The molecule has 0 atom stereocenters. The molecule has 17 heavy (non-hydrogen) atoms. The molecule has 2 aromatic rings. The Labute approximate surface area is 99.4 Å². The summed E-state index contributed by atoms with van der Waals surface area (Å²) in [6.07, 6.45) is 2.11. The van der Waals surface area contributed by atoms with Crippen LogP contribution < -0.4 is 0 Å². The first kappa shape index (κ1) is 11.5. The van der Waals surface area contributed by atoms with Crippen molar-refractivity contribution in [1.82, 2.24) is 4.98 Å². The van der Waals surface area contributed by atoms with E-state index in [4.69, 9.17) is 4.42 Å². The number of Topliss-reactive ketones (excluding diaryl/α,β-unsaturated/α-hetero) is 1. The Hall–Kier alpha value is -1.97. The highest BCUT2D eigenvalue weighted by atomic mass is 16.4. The molecule has 1 aromatic heterocycles. The maximum atomic E-state index is 11.8. The lowest BCUT2D eigenvalue weighted by Crippen LogP contribution is -1.99. The Morgan fingerprint density at radius 1 is 1.35 bits per heavy atom. The van der Waals surface area contributed by atoms with Crippen LogP contribution in [0.1, 0.15) is 29.9 Å². The summed E-state index contributed by atoms with van der Waals surface area (Å²) in [5.74, 6) is 0.156. The highest BCUT2D eigenvalue weighted by Gasteiger charge is 2.13. The molecule has 0 radical (unpaired) electrons. The average molecular weight is 230 g/mol. The number of aromatic nitrogens is 1. The van der Waals surface area contributed by atoms with Crippen molar-refractivity contribution in [3.63, 3.8) is 0 Å². The highest BCUT2D eigenvalue weighted by Crippen LogP contribution is 2.16. The summed E-state index contributed by atoms with van der Waals surface area (Å²) in [5, 5.41) is 0. The summed E-state index contributed by atoms with van der Waals surface area (Å²) in [7, 11) is 0. The van der Waals surface area contributed by atoms with Gasteiger partial charge in [-0.15, -0.1) is 0 Å². The summed E-state index contributed by atoms with van der Waals surface area (Å²) in [6.45, 7) is 4.09. The lowest BCUT2D eigenvalue weighted by molar-refractivity contribution is 0.0948. The minimum atomic E-state index is -0.0507. The van der Waals surface area contributed by atoms with Crippen LogP contribution in [0.3, 0.4) is 0 Å². The van der Waals surface area contributed by atoms with E-state index in [9.17, 15) is 4.79 Å². The van der Waals surface area contributed by atoms with Crippen molar-refractivity contribution in [3.05, 3.63) is 30.2 Å². The minimum absolute atomic E-state index is 0.0507. The van der Waals surface area contributed by atoms with Gasteiger partial charge in [-0.05, 0) is 31.7 Å². The number of carbonyl (C=O) groups excluding carboxylic acids is 1. The first-order valence-corrected chi connectivity index (χ1v) is 5.62. The van der Waals surface area contributed by atoms with Crippen molar-refractivity contribution in [2.75, 3.05) is 6.54 Å². The van der Waals surface area contributed by atoms with Gasteiger partial charge >= 0.3 is 0 Å². The molecule has 4 heteroatoms. The molecular formula is C13H14N2O2. The number of carbonyl (C=O) groups is 1. The van der Waals surface area contributed by atoms with Gasteiger partial charge in [0.1, 0.15) is 5.52 Å². The van der Waals surface area contributed by atoms with E-state index < -0.39 is 0 Å². The molecule has 0 bridgehead atoms. The normalized spacial score (nSPS) is 10.6. The molecule has 88 valence electrons. The van der Waals surface area contributed by atoms with E-state index in [1.807, 2.05) is 18.2 Å². The Morgan fingerprint density at radius 3 is 2.94 bits per heavy atom. The molecule has 4 nitrogen and oxygen atoms in total. The van der Waals surface area contributed by atoms with Gasteiger partial charge < -0.3 is 9.41 Å². The number of fused-ring (bicyclic) bond motifs is 1. The Balaban J connectivity index is 2.01. The monoisotopic (exact) mass is 230 g/mol. The fourth-order valence-corrected chi connectivity index (χ4v) is 1.61. The zero-order chi connectivity index (χ0) is 12.1. The molecule has 0 spiro atoms. The molecule has 0 aliphatic carbocycles. The predicted octanol–water partition coefficient (Wildman–Crippen LogP) is 2.88. The number of nitrogens with zero attached hydrogens (tertiary/aromatic N) is 2. The molecular weight excluding hydrogens is 216 g/mol. The number of unbranched alkanes of at least 4 members (excludes halogenated alkanes) is 1. The van der Waals surface area contributed by atoms with E-state index in [2.05, 4.69) is 16.7 Å². The van der Waals surface area contributed by atoms with Gasteiger partial charge in [0.2, 0.25) is 5.78 Å². The molecule has 0 aliphatic heterocycles. The van der Waals surface area contributed by atoms with Crippen LogP contribution in [0.2, 0.25) is 0 Å². The van der Waals surface area contributed by atoms with Crippen LogP contribution in [0.4, 0.5) is 0 Å². The van der Waals surface area contributed by atoms with Crippen molar-refractivity contribution in [3.8, 4) is 0 Å². The van der Waals surface area contributed by atoms with Gasteiger partial charge in [0, 0.05) is 13.0 Å². The largest absolute Gasteiger partial charge is 0.434 e. The Bertz CT molecular complexity index is 498. The number of hydrogen-bond donors (Lipinski definition) is 0. The van der Waals surface area contributed by atoms with Gasteiger partial charge in [-0.25, -0.2) is 4.98 Å². The van der Waals surface area contributed by atoms with E-state index in [1.54, 1.807) is 6.07 Å². The van der Waals surface area contributed by atoms with Crippen molar-refractivity contribution in [2.24, 2.45) is 4.99 Å². The van der Waals surface area contributed by atoms with Crippen molar-refractivity contribution in [1.29, 1.82) is 0 Å². The van der Waals surface area contributed by atoms with Gasteiger partial charge in [0.15, 0.2) is 5.58 Å². The van der Waals surface area contributed by atoms with Gasteiger partial charge in [-0.3, -0.25) is 4.79 Å². The van der Waals surface area contributed by atoms with Crippen LogP contribution in [-0.4, -0.2) is 24.0 Å². The number of rotatable bonds is 6. The van der Waals surface area contributed by atoms with E-state index in [1.165, 1.54) is 0 Å². The molecule has 0 unspecified atom stereocenters. The zero-order valence-electron chi connectivity index (χ0n) is 9.56. The van der Waals surface area contributed by atoms with E-state index in [-0.39, 0.29) is 11.7 Å². The Kier molecular flexibility index (Phi) is 3.65. The number of para-hydroxylation sites is 2. The first-order chi connectivity index (χ1) is 8.31. The third-order valence-corrected chi connectivity index (χ3v) is 2.50. The Morgan fingerprint density at radius 2 is 2.18 bits per heavy atom. The highest BCUT2D eigenvalue weighted by molar-refractivity contribution is 5.94. The van der Waals surface area contributed by atoms with Crippen LogP contribution in [0.5, 0.6) is 0 Å². The molecule has 0 saturated heterocycles. The number of hydrogen-bond acceptors (Lipinski definition) is 4. The van der Waals surface area contributed by atoms with Crippen LogP contribution >= 0.6 is 0 Å². The summed E-state index contributed by atoms with van der Waals surface area (Å²) in [4.78, 5) is 19.7. The molecule has 0 amide bonds. The van der Waals surface area contributed by atoms with Crippen LogP contribution in [0.25, 0.3) is 11.1 Å². The van der Waals surface area contributed by atoms with Gasteiger partial charge in [0.25, 0.3) is 5.89 Å². The molecule has 0 saturated carbocycles. The molecule has 1 aromatic carbocycles. The van der Waals surface area contributed by atoms with Crippen molar-refractivity contribution in [2.45, 2.75) is 19.3 Å². The molecule has 0 aliphatic rings. The number of ketones is 1. The number of oxazole rings is 1. The summed E-state index contributed by atoms with van der Waals surface area (Å²) in [6, 6.07) is 7.37. The van der Waals surface area contributed by atoms with Gasteiger partial charge in [-0.2, -0.15) is 0 Å². The molecule has 0 N–H and O–H groups in total. The maximum Gasteiger partial charge on any atom is 0.264 e. The number of aliphatic imine (C=N–C) groups is 1. The summed E-state index contributed by atoms with van der Waals surface area (Å²) < 4.78 is 5.39. The number of benzene rings is 1. The van der Waals surface area contributed by atoms with Crippen molar-refractivity contribution >= 4 is 23.6 Å². The second-order valence-corrected chi connectivity index (χ2v) is 3.81. The smallest absolute Gasteiger partial charge is 0.264 e. The lowest BCUT2D eigenvalue weighted by Gasteiger charge is -1.94. The third kappa shape index (κ3) is 2.78. The van der Waals surface area contributed by atoms with Crippen LogP contribution in [0.15, 0.2) is 33.7 Å². The van der Waals surface area contributed by atoms with E-state index in [0.29, 0.717) is 18.5 Å².